The van der Waals surface area contributed by atoms with Crippen molar-refractivity contribution >= 4 is 22.7 Å². The van der Waals surface area contributed by atoms with Crippen LogP contribution in [0.5, 0.6) is 11.5 Å². The molecule has 2 aliphatic heterocycles. The summed E-state index contributed by atoms with van der Waals surface area (Å²) in [5, 5.41) is 27.0. The third-order valence-electron chi connectivity index (χ3n) is 6.74. The van der Waals surface area contributed by atoms with Gasteiger partial charge in [-0.3, -0.25) is 5.32 Å². The molecule has 0 spiro atoms. The van der Waals surface area contributed by atoms with Crippen LogP contribution in [0.3, 0.4) is 0 Å². The number of hydrogen-bond donors (Lipinski definition) is 4. The molecule has 11 nitrogen and oxygen atoms in total. The molecule has 1 aromatic carbocycles. The summed E-state index contributed by atoms with van der Waals surface area (Å²) >= 11 is 0. The van der Waals surface area contributed by atoms with Gasteiger partial charge in [-0.1, -0.05) is 6.58 Å². The maximum atomic E-state index is 15.3. The second-order valence-electron chi connectivity index (χ2n) is 9.84. The Morgan fingerprint density at radius 2 is 1.82 bits per heavy atom. The largest absolute Gasteiger partial charge is 0.494 e. The number of nitrogens with one attached hydrogen (secondary N) is 2. The summed E-state index contributed by atoms with van der Waals surface area (Å²) in [6.45, 7) is 6.49. The van der Waals surface area contributed by atoms with Gasteiger partial charge in [0, 0.05) is 30.7 Å². The minimum Gasteiger partial charge on any atom is -0.494 e. The molecule has 3 aromatic rings. The van der Waals surface area contributed by atoms with Crippen LogP contribution in [0.4, 0.5) is 20.5 Å². The highest BCUT2D eigenvalue weighted by molar-refractivity contribution is 5.92. The number of hydrogen-bond acceptors (Lipinski definition) is 11. The van der Waals surface area contributed by atoms with Gasteiger partial charge < -0.3 is 34.6 Å². The van der Waals surface area contributed by atoms with Crippen LogP contribution in [0.15, 0.2) is 31.0 Å². The van der Waals surface area contributed by atoms with Crippen molar-refractivity contribution in [2.45, 2.75) is 30.8 Å². The smallest absolute Gasteiger partial charge is 0.223 e. The first kappa shape index (κ1) is 26.9. The molecule has 2 saturated heterocycles. The minimum atomic E-state index is -0.945. The van der Waals surface area contributed by atoms with Crippen LogP contribution in [0.2, 0.25) is 0 Å². The van der Waals surface area contributed by atoms with E-state index in [1.807, 2.05) is 0 Å². The molecule has 208 valence electrons. The number of aliphatic hydroxyl groups is 2. The van der Waals surface area contributed by atoms with Gasteiger partial charge in [0.05, 0.1) is 56.4 Å². The summed E-state index contributed by atoms with van der Waals surface area (Å²) in [4.78, 5) is 15.4. The molecular formula is C26H30F2N6O5. The van der Waals surface area contributed by atoms with Crippen molar-refractivity contribution in [1.82, 2.24) is 20.3 Å². The Hall–Kier alpha value is -3.65. The Balaban J connectivity index is 1.58. The Morgan fingerprint density at radius 1 is 1.15 bits per heavy atom. The summed E-state index contributed by atoms with van der Waals surface area (Å²) in [7, 11) is 2.55. The molecular weight excluding hydrogens is 514 g/mol. The van der Waals surface area contributed by atoms with Crippen LogP contribution in [0.25, 0.3) is 22.2 Å². The van der Waals surface area contributed by atoms with Crippen molar-refractivity contribution in [3.8, 4) is 22.8 Å². The van der Waals surface area contributed by atoms with Crippen LogP contribution in [0, 0.1) is 11.6 Å². The Labute approximate surface area is 223 Å². The number of benzene rings is 1. The third-order valence-corrected chi connectivity index (χ3v) is 6.74. The van der Waals surface area contributed by atoms with E-state index in [4.69, 9.17) is 14.2 Å². The van der Waals surface area contributed by atoms with E-state index in [1.54, 1.807) is 11.8 Å². The lowest BCUT2D eigenvalue weighted by Crippen LogP contribution is -2.60. The van der Waals surface area contributed by atoms with E-state index < -0.39 is 29.0 Å². The fourth-order valence-corrected chi connectivity index (χ4v) is 4.79. The number of methoxy groups -OCH3 is 2. The van der Waals surface area contributed by atoms with E-state index in [0.717, 1.165) is 6.07 Å². The maximum absolute atomic E-state index is 15.3. The van der Waals surface area contributed by atoms with Crippen molar-refractivity contribution in [3.63, 3.8) is 0 Å². The van der Waals surface area contributed by atoms with Crippen molar-refractivity contribution in [3.05, 3.63) is 42.6 Å². The summed E-state index contributed by atoms with van der Waals surface area (Å²) in [6, 6.07) is 2.15. The SMILES string of the molecule is C=CC(O)N[C@H]1COC[C@H]1Nc1ncc2cc(-c3c(F)c(OC)cc(OC)c3F)nc(N3CC(C)(O)C3)c2n1. The van der Waals surface area contributed by atoms with Crippen LogP contribution in [0.1, 0.15) is 6.92 Å². The Kier molecular flexibility index (Phi) is 7.25. The molecule has 2 aromatic heterocycles. The van der Waals surface area contributed by atoms with Crippen molar-refractivity contribution in [1.29, 1.82) is 0 Å². The van der Waals surface area contributed by atoms with E-state index in [9.17, 15) is 10.2 Å². The van der Waals surface area contributed by atoms with Gasteiger partial charge in [0.1, 0.15) is 11.7 Å². The van der Waals surface area contributed by atoms with Gasteiger partial charge in [-0.15, -0.1) is 0 Å². The molecule has 2 aliphatic rings. The number of rotatable bonds is 9. The molecule has 5 rings (SSSR count). The van der Waals surface area contributed by atoms with Crippen LogP contribution >= 0.6 is 0 Å². The molecule has 4 heterocycles. The lowest BCUT2D eigenvalue weighted by molar-refractivity contribution is 0.0307. The summed E-state index contributed by atoms with van der Waals surface area (Å²) in [6.07, 6.45) is 2.01. The van der Waals surface area contributed by atoms with Gasteiger partial charge in [-0.2, -0.15) is 0 Å². The zero-order valence-electron chi connectivity index (χ0n) is 21.7. The normalized spacial score (nSPS) is 20.9. The number of halogens is 2. The molecule has 0 radical (unpaired) electrons. The number of aromatic nitrogens is 3. The molecule has 0 amide bonds. The number of aliphatic hydroxyl groups excluding tert-OH is 1. The predicted octanol–water partition coefficient (Wildman–Crippen LogP) is 1.83. The highest BCUT2D eigenvalue weighted by Crippen LogP contribution is 2.40. The average Bonchev–Trinajstić information content (AvgIpc) is 3.33. The first-order valence-corrected chi connectivity index (χ1v) is 12.3. The molecule has 0 saturated carbocycles. The van der Waals surface area contributed by atoms with Crippen LogP contribution in [-0.2, 0) is 4.74 Å². The summed E-state index contributed by atoms with van der Waals surface area (Å²) in [5.74, 6) is -1.63. The fourth-order valence-electron chi connectivity index (χ4n) is 4.79. The summed E-state index contributed by atoms with van der Waals surface area (Å²) < 4.78 is 46.4. The van der Waals surface area contributed by atoms with Gasteiger partial charge in [-0.05, 0) is 19.1 Å². The highest BCUT2D eigenvalue weighted by atomic mass is 19.1. The van der Waals surface area contributed by atoms with Gasteiger partial charge in [0.25, 0.3) is 0 Å². The summed E-state index contributed by atoms with van der Waals surface area (Å²) in [5.41, 5.74) is -0.939. The molecule has 13 heteroatoms. The molecule has 0 bridgehead atoms. The average molecular weight is 545 g/mol. The Bertz CT molecular complexity index is 1370. The predicted molar refractivity (Wildman–Crippen MR) is 140 cm³/mol. The van der Waals surface area contributed by atoms with Gasteiger partial charge in [0.15, 0.2) is 29.0 Å². The number of ether oxygens (including phenoxy) is 3. The van der Waals surface area contributed by atoms with E-state index >= 15 is 8.78 Å². The molecule has 1 unspecified atom stereocenters. The van der Waals surface area contributed by atoms with Crippen LogP contribution in [-0.4, -0.2) is 89.6 Å². The molecule has 39 heavy (non-hydrogen) atoms. The molecule has 3 atom stereocenters. The highest BCUT2D eigenvalue weighted by Gasteiger charge is 2.39. The zero-order valence-corrected chi connectivity index (χ0v) is 21.7. The first-order chi connectivity index (χ1) is 18.6. The van der Waals surface area contributed by atoms with Crippen molar-refractivity contribution in [2.75, 3.05) is 50.7 Å². The van der Waals surface area contributed by atoms with Crippen LogP contribution < -0.4 is 25.0 Å². The third kappa shape index (κ3) is 5.17. The van der Waals surface area contributed by atoms with Gasteiger partial charge in [0.2, 0.25) is 5.95 Å². The van der Waals surface area contributed by atoms with E-state index in [-0.39, 0.29) is 48.3 Å². The maximum Gasteiger partial charge on any atom is 0.223 e. The standard InChI is InChI=1S/C26H30F2N6O5/c1-5-19(35)30-15-9-39-10-16(15)32-25-29-8-13-6-14(20-21(27)17(37-3)7-18(38-4)22(20)28)31-24(23(13)33-25)34-11-26(2,36)12-34/h5-8,15-16,19,30,35-36H,1,9-12H2,2-4H3,(H,29,32,33)/t15-,16+,19?/m0/s1. The Morgan fingerprint density at radius 3 is 2.44 bits per heavy atom. The number of nitrogens with zero attached hydrogens (tertiary/aromatic N) is 4. The van der Waals surface area contributed by atoms with Gasteiger partial charge in [-0.25, -0.2) is 23.7 Å². The number of anilines is 2. The first-order valence-electron chi connectivity index (χ1n) is 12.3. The number of pyridine rings is 1. The second-order valence-corrected chi connectivity index (χ2v) is 9.84. The van der Waals surface area contributed by atoms with Crippen molar-refractivity contribution < 1.29 is 33.2 Å². The monoisotopic (exact) mass is 544 g/mol. The number of fused-ring (bicyclic) bond motifs is 1. The van der Waals surface area contributed by atoms with E-state index in [1.165, 1.54) is 32.6 Å². The van der Waals surface area contributed by atoms with Gasteiger partial charge >= 0.3 is 0 Å². The zero-order chi connectivity index (χ0) is 27.9. The van der Waals surface area contributed by atoms with E-state index in [2.05, 4.69) is 32.2 Å². The minimum absolute atomic E-state index is 0.00702. The van der Waals surface area contributed by atoms with E-state index in [0.29, 0.717) is 29.9 Å². The second kappa shape index (κ2) is 10.5. The fraction of sp³-hybridized carbons (Fsp3) is 0.423. The number of β-amino-alcohol motifs (C(OH)–C–C–N with tert-alkyl or cyclic N) is 1. The topological polar surface area (TPSA) is 134 Å². The lowest BCUT2D eigenvalue weighted by atomic mass is 9.96. The molecule has 4 N–H and O–H groups in total. The van der Waals surface area contributed by atoms with Crippen molar-refractivity contribution in [2.24, 2.45) is 0 Å². The quantitative estimate of drug-likeness (QED) is 0.232. The molecule has 0 aliphatic carbocycles. The molecule has 2 fully saturated rings. The lowest BCUT2D eigenvalue weighted by Gasteiger charge is -2.45.